The first-order valence-electron chi connectivity index (χ1n) is 10.6. The lowest BCUT2D eigenvalue weighted by Crippen LogP contribution is -2.59. The molecule has 0 bridgehead atoms. The van der Waals surface area contributed by atoms with Crippen LogP contribution in [0.15, 0.2) is 18.2 Å². The van der Waals surface area contributed by atoms with Crippen molar-refractivity contribution >= 4 is 11.9 Å². The fourth-order valence-corrected chi connectivity index (χ4v) is 4.69. The number of amides is 1. The third-order valence-corrected chi connectivity index (χ3v) is 6.44. The predicted octanol–water partition coefficient (Wildman–Crippen LogP) is 3.74. The molecule has 3 heterocycles. The second-order valence-electron chi connectivity index (χ2n) is 9.01. The second-order valence-corrected chi connectivity index (χ2v) is 9.01. The van der Waals surface area contributed by atoms with Crippen LogP contribution in [0.25, 0.3) is 11.3 Å². The highest BCUT2D eigenvalue weighted by Gasteiger charge is 2.45. The van der Waals surface area contributed by atoms with Gasteiger partial charge in [0.2, 0.25) is 0 Å². The van der Waals surface area contributed by atoms with Gasteiger partial charge in [0.25, 0.3) is 5.91 Å². The number of ether oxygens (including phenoxy) is 1. The molecular weight excluding hydrogens is 394 g/mol. The summed E-state index contributed by atoms with van der Waals surface area (Å²) in [6, 6.07) is 7.67. The van der Waals surface area contributed by atoms with E-state index in [-0.39, 0.29) is 11.5 Å². The number of hydrogen-bond donors (Lipinski definition) is 1. The van der Waals surface area contributed by atoms with Gasteiger partial charge in [-0.05, 0) is 55.0 Å². The zero-order valence-electron chi connectivity index (χ0n) is 18.4. The van der Waals surface area contributed by atoms with E-state index in [1.807, 2.05) is 10.6 Å². The van der Waals surface area contributed by atoms with Crippen molar-refractivity contribution < 1.29 is 19.4 Å². The summed E-state index contributed by atoms with van der Waals surface area (Å²) in [6.07, 6.45) is 2.11. The molecule has 4 rings (SSSR count). The van der Waals surface area contributed by atoms with Crippen LogP contribution in [0.3, 0.4) is 0 Å². The van der Waals surface area contributed by atoms with Crippen LogP contribution in [0.2, 0.25) is 0 Å². The molecule has 7 nitrogen and oxygen atoms in total. The van der Waals surface area contributed by atoms with Gasteiger partial charge in [0.15, 0.2) is 0 Å². The molecule has 1 atom stereocenters. The smallest absolute Gasteiger partial charge is 0.339 e. The molecule has 2 aromatic rings. The van der Waals surface area contributed by atoms with Crippen LogP contribution in [-0.2, 0) is 19.4 Å². The van der Waals surface area contributed by atoms with E-state index in [9.17, 15) is 20.0 Å². The van der Waals surface area contributed by atoms with Crippen LogP contribution >= 0.6 is 0 Å². The van der Waals surface area contributed by atoms with Gasteiger partial charge < -0.3 is 19.3 Å². The van der Waals surface area contributed by atoms with E-state index in [0.717, 1.165) is 28.8 Å². The number of nitrogens with zero attached hydrogens (tertiary/aromatic N) is 3. The summed E-state index contributed by atoms with van der Waals surface area (Å²) in [4.78, 5) is 26.9. The van der Waals surface area contributed by atoms with Gasteiger partial charge in [0, 0.05) is 25.1 Å². The maximum absolute atomic E-state index is 13.4. The maximum atomic E-state index is 13.4. The lowest BCUT2D eigenvalue weighted by atomic mass is 9.88. The van der Waals surface area contributed by atoms with E-state index in [4.69, 9.17) is 4.74 Å². The number of hydrogen-bond acceptors (Lipinski definition) is 4. The Morgan fingerprint density at radius 2 is 2.03 bits per heavy atom. The molecule has 2 aliphatic heterocycles. The van der Waals surface area contributed by atoms with Gasteiger partial charge in [-0.25, -0.2) is 4.79 Å². The van der Waals surface area contributed by atoms with Gasteiger partial charge in [-0.3, -0.25) is 4.79 Å². The molecular formula is C24H27N3O4. The van der Waals surface area contributed by atoms with Crippen LogP contribution in [-0.4, -0.2) is 45.6 Å². The first-order valence-corrected chi connectivity index (χ1v) is 10.6. The molecule has 1 aromatic heterocycles. The highest BCUT2D eigenvalue weighted by Crippen LogP contribution is 2.40. The number of methoxy groups -OCH3 is 1. The van der Waals surface area contributed by atoms with Crippen LogP contribution in [0.4, 0.5) is 0 Å². The van der Waals surface area contributed by atoms with Gasteiger partial charge in [0.1, 0.15) is 22.5 Å². The van der Waals surface area contributed by atoms with E-state index in [0.29, 0.717) is 43.3 Å². The average Bonchev–Trinajstić information content (AvgIpc) is 3.09. The third kappa shape index (κ3) is 3.27. The van der Waals surface area contributed by atoms with Crippen molar-refractivity contribution in [2.24, 2.45) is 5.92 Å². The SMILES string of the molecule is COc1cc2c(cc1C(=O)O)-c1c(CC(C)C)cc(C(=O)N3CC[C@]3(C)C#N)n1CC2. The average molecular weight is 421 g/mol. The summed E-state index contributed by atoms with van der Waals surface area (Å²) in [7, 11) is 1.47. The van der Waals surface area contributed by atoms with E-state index in [2.05, 4.69) is 19.9 Å². The van der Waals surface area contributed by atoms with Crippen LogP contribution in [0.5, 0.6) is 5.75 Å². The van der Waals surface area contributed by atoms with Crippen molar-refractivity contribution in [1.82, 2.24) is 9.47 Å². The summed E-state index contributed by atoms with van der Waals surface area (Å²) in [5.41, 5.74) is 3.70. The van der Waals surface area contributed by atoms with Gasteiger partial charge in [-0.15, -0.1) is 0 Å². The van der Waals surface area contributed by atoms with Gasteiger partial charge >= 0.3 is 5.97 Å². The molecule has 0 radical (unpaired) electrons. The van der Waals surface area contributed by atoms with Crippen molar-refractivity contribution in [1.29, 1.82) is 5.26 Å². The number of carboxylic acids is 1. The molecule has 1 N–H and O–H groups in total. The number of nitriles is 1. The Kier molecular flexibility index (Phi) is 5.04. The molecule has 162 valence electrons. The number of aromatic carboxylic acids is 1. The van der Waals surface area contributed by atoms with Crippen molar-refractivity contribution in [3.8, 4) is 23.1 Å². The second kappa shape index (κ2) is 7.45. The number of carbonyl (C=O) groups is 2. The predicted molar refractivity (Wildman–Crippen MR) is 115 cm³/mol. The Bertz CT molecular complexity index is 1120. The quantitative estimate of drug-likeness (QED) is 0.793. The van der Waals surface area contributed by atoms with Gasteiger partial charge in [-0.2, -0.15) is 5.26 Å². The van der Waals surface area contributed by atoms with E-state index in [1.54, 1.807) is 24.0 Å². The molecule has 1 amide bonds. The number of aryl methyl sites for hydroxylation is 1. The van der Waals surface area contributed by atoms with Crippen LogP contribution in [0.1, 0.15) is 59.2 Å². The Balaban J connectivity index is 1.88. The molecule has 2 aliphatic rings. The fourth-order valence-electron chi connectivity index (χ4n) is 4.69. The van der Waals surface area contributed by atoms with Crippen molar-refractivity contribution in [2.75, 3.05) is 13.7 Å². The highest BCUT2D eigenvalue weighted by molar-refractivity contribution is 5.97. The normalized spacial score (nSPS) is 19.3. The Hall–Kier alpha value is -3.27. The van der Waals surface area contributed by atoms with Gasteiger partial charge in [-0.1, -0.05) is 13.8 Å². The minimum Gasteiger partial charge on any atom is -0.496 e. The van der Waals surface area contributed by atoms with Crippen LogP contribution in [0, 0.1) is 17.2 Å². The Morgan fingerprint density at radius 1 is 1.29 bits per heavy atom. The van der Waals surface area contributed by atoms with Crippen molar-refractivity contribution in [2.45, 2.75) is 52.1 Å². The van der Waals surface area contributed by atoms with Crippen molar-refractivity contribution in [3.63, 3.8) is 0 Å². The third-order valence-electron chi connectivity index (χ3n) is 6.44. The van der Waals surface area contributed by atoms with Crippen LogP contribution < -0.4 is 4.74 Å². The number of benzene rings is 1. The summed E-state index contributed by atoms with van der Waals surface area (Å²) in [5, 5.41) is 19.2. The largest absolute Gasteiger partial charge is 0.496 e. The molecule has 1 saturated heterocycles. The number of aromatic nitrogens is 1. The number of fused-ring (bicyclic) bond motifs is 3. The monoisotopic (exact) mass is 421 g/mol. The van der Waals surface area contributed by atoms with E-state index >= 15 is 0 Å². The van der Waals surface area contributed by atoms with Gasteiger partial charge in [0.05, 0.1) is 18.9 Å². The summed E-state index contributed by atoms with van der Waals surface area (Å²) >= 11 is 0. The molecule has 1 fully saturated rings. The lowest BCUT2D eigenvalue weighted by Gasteiger charge is -2.45. The lowest BCUT2D eigenvalue weighted by molar-refractivity contribution is 0.0293. The molecule has 1 aromatic carbocycles. The molecule has 0 spiro atoms. The van der Waals surface area contributed by atoms with E-state index in [1.165, 1.54) is 7.11 Å². The summed E-state index contributed by atoms with van der Waals surface area (Å²) in [5.74, 6) is -0.471. The zero-order valence-corrected chi connectivity index (χ0v) is 18.4. The number of likely N-dealkylation sites (tertiary alicyclic amines) is 1. The minimum atomic E-state index is -1.05. The zero-order chi connectivity index (χ0) is 22.5. The summed E-state index contributed by atoms with van der Waals surface area (Å²) in [6.45, 7) is 7.22. The fraction of sp³-hybridized carbons (Fsp3) is 0.458. The minimum absolute atomic E-state index is 0.110. The highest BCUT2D eigenvalue weighted by atomic mass is 16.5. The molecule has 31 heavy (non-hydrogen) atoms. The number of rotatable bonds is 5. The molecule has 7 heteroatoms. The topological polar surface area (TPSA) is 95.6 Å². The Labute approximate surface area is 181 Å². The molecule has 0 saturated carbocycles. The van der Waals surface area contributed by atoms with E-state index < -0.39 is 11.5 Å². The Morgan fingerprint density at radius 3 is 2.58 bits per heavy atom. The molecule has 0 unspecified atom stereocenters. The first kappa shape index (κ1) is 21.0. The van der Waals surface area contributed by atoms with Crippen molar-refractivity contribution in [3.05, 3.63) is 40.6 Å². The summed E-state index contributed by atoms with van der Waals surface area (Å²) < 4.78 is 7.32. The standard InChI is InChI=1S/C24H27N3O4/c1-14(2)9-16-10-19(22(28)27-8-6-24(27,3)13-25)26-7-5-15-11-20(31-4)18(23(29)30)12-17(15)21(16)26/h10-12,14H,5-9H2,1-4H3,(H,29,30)/t24-/m1/s1. The number of carboxylic acid groups (broad SMARTS) is 1. The maximum Gasteiger partial charge on any atom is 0.339 e. The molecule has 0 aliphatic carbocycles. The first-order chi connectivity index (χ1) is 14.7. The number of carbonyl (C=O) groups excluding carboxylic acids is 1.